The first kappa shape index (κ1) is 12.3. The summed E-state index contributed by atoms with van der Waals surface area (Å²) in [5, 5.41) is 13.1. The van der Waals surface area contributed by atoms with Crippen LogP contribution in [0.4, 0.5) is 5.88 Å². The van der Waals surface area contributed by atoms with Crippen LogP contribution in [0.2, 0.25) is 0 Å². The van der Waals surface area contributed by atoms with Gasteiger partial charge in [0.2, 0.25) is 11.7 Å². The summed E-state index contributed by atoms with van der Waals surface area (Å²) in [6.45, 7) is 0.556. The van der Waals surface area contributed by atoms with Crippen LogP contribution in [0, 0.1) is 16.0 Å². The second-order valence-electron chi connectivity index (χ2n) is 4.10. The molecule has 7 heteroatoms. The number of ketones is 1. The van der Waals surface area contributed by atoms with Gasteiger partial charge in [-0.05, 0) is 18.9 Å². The first-order valence-electron chi connectivity index (χ1n) is 5.66. The van der Waals surface area contributed by atoms with Crippen LogP contribution in [-0.2, 0) is 4.79 Å². The quantitative estimate of drug-likeness (QED) is 0.378. The van der Waals surface area contributed by atoms with E-state index in [4.69, 9.17) is 4.42 Å². The monoisotopic (exact) mass is 252 g/mol. The minimum atomic E-state index is -0.807. The highest BCUT2D eigenvalue weighted by Crippen LogP contribution is 2.22. The number of hydrogen-bond donors (Lipinski definition) is 1. The Bertz CT molecular complexity index is 493. The van der Waals surface area contributed by atoms with Gasteiger partial charge in [0.25, 0.3) is 0 Å². The van der Waals surface area contributed by atoms with E-state index in [1.807, 2.05) is 0 Å². The lowest BCUT2D eigenvalue weighted by Gasteiger charge is -2.09. The molecule has 7 nitrogen and oxygen atoms in total. The molecule has 1 aromatic heterocycles. The molecule has 1 N–H and O–H groups in total. The van der Waals surface area contributed by atoms with Gasteiger partial charge in [-0.25, -0.2) is 0 Å². The fourth-order valence-electron chi connectivity index (χ4n) is 1.92. The van der Waals surface area contributed by atoms with Crippen LogP contribution in [0.5, 0.6) is 0 Å². The van der Waals surface area contributed by atoms with Crippen LogP contribution in [0.15, 0.2) is 16.5 Å². The number of furan rings is 1. The van der Waals surface area contributed by atoms with Crippen molar-refractivity contribution in [3.63, 3.8) is 0 Å². The van der Waals surface area contributed by atoms with Crippen molar-refractivity contribution >= 4 is 17.6 Å². The van der Waals surface area contributed by atoms with Gasteiger partial charge in [0, 0.05) is 6.54 Å². The highest BCUT2D eigenvalue weighted by atomic mass is 16.6. The summed E-state index contributed by atoms with van der Waals surface area (Å²) >= 11 is 0. The Morgan fingerprint density at radius 3 is 2.89 bits per heavy atom. The average Bonchev–Trinajstić information content (AvgIpc) is 2.73. The molecule has 0 spiro atoms. The molecule has 0 radical (unpaired) electrons. The molecule has 1 unspecified atom stereocenters. The van der Waals surface area contributed by atoms with Crippen LogP contribution < -0.4 is 5.32 Å². The smallest absolute Gasteiger partial charge is 0.397 e. The normalized spacial score (nSPS) is 20.0. The molecule has 1 saturated heterocycles. The molecular formula is C11H12N2O5. The van der Waals surface area contributed by atoms with Gasteiger partial charge in [-0.2, -0.15) is 0 Å². The average molecular weight is 252 g/mol. The summed E-state index contributed by atoms with van der Waals surface area (Å²) in [7, 11) is 0. The van der Waals surface area contributed by atoms with Crippen molar-refractivity contribution in [2.24, 2.45) is 5.92 Å². The molecule has 1 amide bonds. The third-order valence-electron chi connectivity index (χ3n) is 2.87. The number of nitro groups is 1. The van der Waals surface area contributed by atoms with Crippen LogP contribution in [0.25, 0.3) is 0 Å². The second-order valence-corrected chi connectivity index (χ2v) is 4.10. The Labute approximate surface area is 102 Å². The molecule has 2 rings (SSSR count). The standard InChI is InChI=1S/C11H12N2O5/c14-10(7-3-1-2-6-12-11(7)15)8-4-5-9(18-8)13(16)17/h4-5,7H,1-3,6H2,(H,12,15). The molecule has 18 heavy (non-hydrogen) atoms. The number of nitrogens with one attached hydrogen (secondary N) is 1. The Balaban J connectivity index is 2.18. The Kier molecular flexibility index (Phi) is 3.40. The maximum atomic E-state index is 12.0. The summed E-state index contributed by atoms with van der Waals surface area (Å²) in [6.07, 6.45) is 2.03. The Hall–Kier alpha value is -2.18. The molecule has 0 aromatic carbocycles. The fourth-order valence-corrected chi connectivity index (χ4v) is 1.92. The van der Waals surface area contributed by atoms with Crippen LogP contribution in [-0.4, -0.2) is 23.2 Å². The summed E-state index contributed by atoms with van der Waals surface area (Å²) in [4.78, 5) is 33.4. The number of carbonyl (C=O) groups excluding carboxylic acids is 2. The zero-order chi connectivity index (χ0) is 13.1. The lowest BCUT2D eigenvalue weighted by Crippen LogP contribution is -2.33. The number of carbonyl (C=O) groups is 2. The van der Waals surface area contributed by atoms with Crippen molar-refractivity contribution in [1.82, 2.24) is 5.32 Å². The van der Waals surface area contributed by atoms with Crippen molar-refractivity contribution in [2.75, 3.05) is 6.54 Å². The van der Waals surface area contributed by atoms with Crippen LogP contribution in [0.3, 0.4) is 0 Å². The highest BCUT2D eigenvalue weighted by Gasteiger charge is 2.31. The maximum absolute atomic E-state index is 12.0. The largest absolute Gasteiger partial charge is 0.433 e. The molecule has 2 heterocycles. The van der Waals surface area contributed by atoms with Crippen LogP contribution in [0.1, 0.15) is 29.8 Å². The van der Waals surface area contributed by atoms with Gasteiger partial charge in [-0.15, -0.1) is 0 Å². The van der Waals surface area contributed by atoms with Crippen molar-refractivity contribution in [1.29, 1.82) is 0 Å². The van der Waals surface area contributed by atoms with E-state index in [2.05, 4.69) is 5.32 Å². The van der Waals surface area contributed by atoms with Crippen molar-refractivity contribution in [2.45, 2.75) is 19.3 Å². The van der Waals surface area contributed by atoms with Crippen molar-refractivity contribution in [3.05, 3.63) is 28.0 Å². The SMILES string of the molecule is O=C1NCCCCC1C(=O)c1ccc([N+](=O)[O-])o1. The predicted octanol–water partition coefficient (Wildman–Crippen LogP) is 1.29. The van der Waals surface area contributed by atoms with E-state index in [1.54, 1.807) is 0 Å². The molecule has 1 aromatic rings. The first-order chi connectivity index (χ1) is 8.59. The lowest BCUT2D eigenvalue weighted by atomic mass is 9.96. The van der Waals surface area contributed by atoms with E-state index in [9.17, 15) is 19.7 Å². The van der Waals surface area contributed by atoms with Crippen LogP contribution >= 0.6 is 0 Å². The first-order valence-corrected chi connectivity index (χ1v) is 5.66. The molecule has 1 fully saturated rings. The summed E-state index contributed by atoms with van der Waals surface area (Å²) in [5.74, 6) is -2.27. The molecule has 96 valence electrons. The molecular weight excluding hydrogens is 240 g/mol. The molecule has 1 atom stereocenters. The fraction of sp³-hybridized carbons (Fsp3) is 0.455. The lowest BCUT2D eigenvalue weighted by molar-refractivity contribution is -0.402. The Morgan fingerprint density at radius 1 is 1.44 bits per heavy atom. The van der Waals surface area contributed by atoms with E-state index >= 15 is 0 Å². The number of Topliss-reactive ketones (excluding diaryl/α,β-unsaturated/α-hetero) is 1. The Morgan fingerprint density at radius 2 is 2.22 bits per heavy atom. The number of hydrogen-bond acceptors (Lipinski definition) is 5. The number of nitrogens with zero attached hydrogens (tertiary/aromatic N) is 1. The van der Waals surface area contributed by atoms with E-state index in [0.29, 0.717) is 13.0 Å². The van der Waals surface area contributed by atoms with E-state index < -0.39 is 22.5 Å². The van der Waals surface area contributed by atoms with E-state index in [0.717, 1.165) is 18.9 Å². The van der Waals surface area contributed by atoms with Gasteiger partial charge in [-0.3, -0.25) is 19.7 Å². The number of amides is 1. The van der Waals surface area contributed by atoms with Gasteiger partial charge < -0.3 is 9.73 Å². The highest BCUT2D eigenvalue weighted by molar-refractivity contribution is 6.08. The third kappa shape index (κ3) is 2.39. The summed E-state index contributed by atoms with van der Waals surface area (Å²) in [6, 6.07) is 2.35. The van der Waals surface area contributed by atoms with Gasteiger partial charge in [0.15, 0.2) is 5.76 Å². The zero-order valence-electron chi connectivity index (χ0n) is 9.55. The van der Waals surface area contributed by atoms with Gasteiger partial charge >= 0.3 is 5.88 Å². The van der Waals surface area contributed by atoms with E-state index in [-0.39, 0.29) is 11.7 Å². The summed E-state index contributed by atoms with van der Waals surface area (Å²) < 4.78 is 4.82. The van der Waals surface area contributed by atoms with Crippen molar-refractivity contribution < 1.29 is 18.9 Å². The zero-order valence-corrected chi connectivity index (χ0v) is 9.55. The molecule has 1 aliphatic heterocycles. The van der Waals surface area contributed by atoms with Crippen molar-refractivity contribution in [3.8, 4) is 0 Å². The van der Waals surface area contributed by atoms with E-state index in [1.165, 1.54) is 6.07 Å². The molecule has 0 saturated carbocycles. The predicted molar refractivity (Wildman–Crippen MR) is 60.0 cm³/mol. The third-order valence-corrected chi connectivity index (χ3v) is 2.87. The van der Waals surface area contributed by atoms with Gasteiger partial charge in [0.1, 0.15) is 10.8 Å². The topological polar surface area (TPSA) is 102 Å². The minimum absolute atomic E-state index is 0.135. The van der Waals surface area contributed by atoms with Gasteiger partial charge in [0.05, 0.1) is 6.07 Å². The number of rotatable bonds is 3. The van der Waals surface area contributed by atoms with Gasteiger partial charge in [-0.1, -0.05) is 6.42 Å². The minimum Gasteiger partial charge on any atom is -0.397 e. The molecule has 1 aliphatic rings. The maximum Gasteiger partial charge on any atom is 0.433 e. The second kappa shape index (κ2) is 4.99. The summed E-state index contributed by atoms with van der Waals surface area (Å²) in [5.41, 5.74) is 0. The molecule has 0 bridgehead atoms. The molecule has 0 aliphatic carbocycles.